The van der Waals surface area contributed by atoms with E-state index in [1.54, 1.807) is 17.7 Å². The zero-order valence-electron chi connectivity index (χ0n) is 20.5. The van der Waals surface area contributed by atoms with Crippen LogP contribution >= 0.6 is 23.2 Å². The molecule has 37 heavy (non-hydrogen) atoms. The zero-order chi connectivity index (χ0) is 25.9. The maximum absolute atomic E-state index is 13.3. The Balaban J connectivity index is 1.19. The van der Waals surface area contributed by atoms with Crippen LogP contribution in [-0.2, 0) is 16.9 Å². The summed E-state index contributed by atoms with van der Waals surface area (Å²) in [7, 11) is 0. The van der Waals surface area contributed by atoms with Crippen LogP contribution in [0.4, 0.5) is 11.6 Å². The maximum Gasteiger partial charge on any atom is 0.408 e. The maximum atomic E-state index is 13.3. The topological polar surface area (TPSA) is 108 Å². The van der Waals surface area contributed by atoms with Crippen LogP contribution < -0.4 is 5.32 Å². The number of rotatable bonds is 7. The van der Waals surface area contributed by atoms with Crippen molar-refractivity contribution >= 4 is 40.7 Å². The van der Waals surface area contributed by atoms with E-state index in [-0.39, 0.29) is 27.7 Å². The second-order valence-electron chi connectivity index (χ2n) is 11.3. The Morgan fingerprint density at radius 1 is 1.16 bits per heavy atom. The van der Waals surface area contributed by atoms with Crippen LogP contribution in [-0.4, -0.2) is 30.4 Å². The fraction of sp³-hybridized carbons (Fsp3) is 0.500. The smallest absolute Gasteiger partial charge is 0.358 e. The van der Waals surface area contributed by atoms with Gasteiger partial charge >= 0.3 is 5.82 Å². The number of amides is 1. The Labute approximate surface area is 224 Å². The number of carbonyl (C=O) groups is 1. The van der Waals surface area contributed by atoms with Crippen molar-refractivity contribution in [3.8, 4) is 0 Å². The van der Waals surface area contributed by atoms with Gasteiger partial charge in [0.25, 0.3) is 0 Å². The lowest BCUT2D eigenvalue weighted by Gasteiger charge is -2.61. The van der Waals surface area contributed by atoms with E-state index in [1.165, 1.54) is 0 Å². The molecular formula is C26H28Cl2N6O3. The lowest BCUT2D eigenvalue weighted by molar-refractivity contribution is -0.389. The molecule has 4 fully saturated rings. The molecule has 0 aliphatic heterocycles. The van der Waals surface area contributed by atoms with Crippen molar-refractivity contribution in [1.82, 2.24) is 19.6 Å². The largest absolute Gasteiger partial charge is 0.408 e. The molecule has 4 saturated carbocycles. The second kappa shape index (κ2) is 8.84. The number of hydrogen-bond acceptors (Lipinski definition) is 5. The van der Waals surface area contributed by atoms with Gasteiger partial charge < -0.3 is 15.4 Å². The van der Waals surface area contributed by atoms with E-state index < -0.39 is 4.92 Å². The summed E-state index contributed by atoms with van der Waals surface area (Å²) >= 11 is 12.6. The molecule has 1 aromatic carbocycles. The first-order valence-electron chi connectivity index (χ1n) is 12.6. The molecule has 0 spiro atoms. The van der Waals surface area contributed by atoms with Crippen molar-refractivity contribution in [1.29, 1.82) is 0 Å². The summed E-state index contributed by atoms with van der Waals surface area (Å²) < 4.78 is 3.58. The van der Waals surface area contributed by atoms with Gasteiger partial charge in [0.2, 0.25) is 5.91 Å². The predicted octanol–water partition coefficient (Wildman–Crippen LogP) is 5.98. The van der Waals surface area contributed by atoms with Gasteiger partial charge in [-0.2, -0.15) is 9.78 Å². The fourth-order valence-electron chi connectivity index (χ4n) is 7.75. The number of halogens is 2. The SMILES string of the molecule is Cc1c(Cl)c([N+](=O)[O-])nn1C12CC3CC(CC(CC(=O)Nc4ccn(Cc5ccccc5Cl)n4)(C3)C1)C2. The van der Waals surface area contributed by atoms with Gasteiger partial charge in [-0.1, -0.05) is 41.4 Å². The first-order chi connectivity index (χ1) is 17.7. The summed E-state index contributed by atoms with van der Waals surface area (Å²) in [5.74, 6) is 1.13. The monoisotopic (exact) mass is 542 g/mol. The highest BCUT2D eigenvalue weighted by Gasteiger charge is 2.60. The molecule has 3 aromatic rings. The summed E-state index contributed by atoms with van der Waals surface area (Å²) in [5, 5.41) is 24.2. The van der Waals surface area contributed by atoms with Crippen LogP contribution in [0.5, 0.6) is 0 Å². The Hall–Kier alpha value is -2.91. The standard InChI is InChI=1S/C26H28Cl2N6O3/c1-16-23(28)24(34(36)37)31-33(16)26-11-17-8-18(12-26)10-25(9-17,15-26)13-22(35)29-21-6-7-32(30-21)14-19-4-2-3-5-20(19)27/h2-7,17-18H,8-15H2,1H3,(H,29,30,35). The van der Waals surface area contributed by atoms with E-state index in [0.717, 1.165) is 44.1 Å². The van der Waals surface area contributed by atoms with E-state index in [4.69, 9.17) is 23.2 Å². The molecule has 0 saturated heterocycles. The number of nitro groups is 1. The molecule has 2 atom stereocenters. The number of hydrogen-bond donors (Lipinski definition) is 1. The second-order valence-corrected chi connectivity index (χ2v) is 12.1. The van der Waals surface area contributed by atoms with E-state index in [1.807, 2.05) is 35.1 Å². The van der Waals surface area contributed by atoms with Gasteiger partial charge in [0.15, 0.2) is 10.8 Å². The van der Waals surface area contributed by atoms with E-state index in [2.05, 4.69) is 15.5 Å². The highest BCUT2D eigenvalue weighted by molar-refractivity contribution is 6.33. The predicted molar refractivity (Wildman–Crippen MR) is 140 cm³/mol. The molecule has 4 aliphatic carbocycles. The minimum atomic E-state index is -0.513. The van der Waals surface area contributed by atoms with Crippen molar-refractivity contribution in [3.63, 3.8) is 0 Å². The molecular weight excluding hydrogens is 515 g/mol. The van der Waals surface area contributed by atoms with Crippen LogP contribution in [0.15, 0.2) is 36.5 Å². The number of carbonyl (C=O) groups excluding carboxylic acids is 1. The molecule has 194 valence electrons. The molecule has 11 heteroatoms. The van der Waals surface area contributed by atoms with E-state index in [9.17, 15) is 14.9 Å². The van der Waals surface area contributed by atoms with Crippen molar-refractivity contribution in [3.05, 3.63) is 67.9 Å². The van der Waals surface area contributed by atoms with Crippen LogP contribution in [0.2, 0.25) is 10.0 Å². The lowest BCUT2D eigenvalue weighted by Crippen LogP contribution is -2.57. The van der Waals surface area contributed by atoms with Gasteiger partial charge in [0, 0.05) is 23.7 Å². The molecule has 9 nitrogen and oxygen atoms in total. The molecule has 0 radical (unpaired) electrons. The van der Waals surface area contributed by atoms with Gasteiger partial charge in [-0.05, 0) is 79.3 Å². The van der Waals surface area contributed by atoms with Crippen molar-refractivity contribution in [2.75, 3.05) is 5.32 Å². The molecule has 2 aromatic heterocycles. The van der Waals surface area contributed by atoms with Gasteiger partial charge in [0.05, 0.1) is 22.9 Å². The van der Waals surface area contributed by atoms with Gasteiger partial charge in [0.1, 0.15) is 0 Å². The molecule has 4 aliphatic rings. The fourth-order valence-corrected chi connectivity index (χ4v) is 8.13. The summed E-state index contributed by atoms with van der Waals surface area (Å²) in [6.07, 6.45) is 7.99. The van der Waals surface area contributed by atoms with Crippen LogP contribution in [0.25, 0.3) is 0 Å². The Morgan fingerprint density at radius 2 is 1.89 bits per heavy atom. The normalized spacial score (nSPS) is 28.0. The number of aromatic nitrogens is 4. The van der Waals surface area contributed by atoms with Gasteiger partial charge in [-0.15, -0.1) is 0 Å². The zero-order valence-corrected chi connectivity index (χ0v) is 22.0. The Bertz CT molecular complexity index is 1380. The number of benzene rings is 1. The lowest BCUT2D eigenvalue weighted by atomic mass is 9.46. The molecule has 1 amide bonds. The van der Waals surface area contributed by atoms with Crippen molar-refractivity contribution in [2.24, 2.45) is 17.3 Å². The van der Waals surface area contributed by atoms with Crippen LogP contribution in [0.1, 0.15) is 56.2 Å². The van der Waals surface area contributed by atoms with Crippen LogP contribution in [0, 0.1) is 34.3 Å². The number of anilines is 1. The van der Waals surface area contributed by atoms with E-state index >= 15 is 0 Å². The van der Waals surface area contributed by atoms with E-state index in [0.29, 0.717) is 41.3 Å². The quantitative estimate of drug-likeness (QED) is 0.292. The van der Waals surface area contributed by atoms with Crippen molar-refractivity contribution in [2.45, 2.75) is 64.0 Å². The highest BCUT2D eigenvalue weighted by Crippen LogP contribution is 2.65. The third-order valence-electron chi connectivity index (χ3n) is 8.53. The summed E-state index contributed by atoms with van der Waals surface area (Å²) in [6, 6.07) is 9.41. The first kappa shape index (κ1) is 24.4. The average Bonchev–Trinajstić information content (AvgIpc) is 3.38. The third-order valence-corrected chi connectivity index (χ3v) is 9.35. The summed E-state index contributed by atoms with van der Waals surface area (Å²) in [6.45, 7) is 2.32. The molecule has 2 heterocycles. The minimum Gasteiger partial charge on any atom is -0.358 e. The van der Waals surface area contributed by atoms with Gasteiger partial charge in [-0.3, -0.25) is 9.48 Å². The van der Waals surface area contributed by atoms with Crippen molar-refractivity contribution < 1.29 is 9.72 Å². The average molecular weight is 543 g/mol. The Kier molecular flexibility index (Phi) is 5.84. The molecule has 7 rings (SSSR count). The Morgan fingerprint density at radius 3 is 2.57 bits per heavy atom. The summed E-state index contributed by atoms with van der Waals surface area (Å²) in [5.41, 5.74) is 1.11. The number of nitrogens with one attached hydrogen (secondary N) is 1. The number of nitrogens with zero attached hydrogens (tertiary/aromatic N) is 5. The highest BCUT2D eigenvalue weighted by atomic mass is 35.5. The molecule has 4 bridgehead atoms. The molecule has 1 N–H and O–H groups in total. The molecule has 2 unspecified atom stereocenters. The first-order valence-corrected chi connectivity index (χ1v) is 13.4. The summed E-state index contributed by atoms with van der Waals surface area (Å²) in [4.78, 5) is 24.2. The van der Waals surface area contributed by atoms with Crippen LogP contribution in [0.3, 0.4) is 0 Å². The minimum absolute atomic E-state index is 0.0544. The van der Waals surface area contributed by atoms with Gasteiger partial charge in [-0.25, -0.2) is 0 Å². The third kappa shape index (κ3) is 4.32.